The normalized spacial score (nSPS) is 11.6. The average molecular weight is 309 g/mol. The van der Waals surface area contributed by atoms with E-state index in [9.17, 15) is 13.2 Å². The first-order valence-electron chi connectivity index (χ1n) is 6.14. The Morgan fingerprint density at radius 1 is 1.38 bits per heavy atom. The van der Waals surface area contributed by atoms with E-state index in [4.69, 9.17) is 5.14 Å². The summed E-state index contributed by atoms with van der Waals surface area (Å²) < 4.78 is 22.5. The van der Waals surface area contributed by atoms with Crippen LogP contribution in [0.4, 0.5) is 5.69 Å². The van der Waals surface area contributed by atoms with Gasteiger partial charge in [0.25, 0.3) is 5.91 Å². The summed E-state index contributed by atoms with van der Waals surface area (Å²) in [7, 11) is -3.82. The first-order chi connectivity index (χ1) is 9.77. The van der Waals surface area contributed by atoms with Gasteiger partial charge in [0.15, 0.2) is 0 Å². The molecular formula is C12H15N5O3S. The molecule has 1 amide bonds. The summed E-state index contributed by atoms with van der Waals surface area (Å²) in [6, 6.07) is 5.63. The third-order valence-corrected chi connectivity index (χ3v) is 3.58. The van der Waals surface area contributed by atoms with E-state index in [1.165, 1.54) is 18.2 Å². The SMILES string of the molecule is CC(C)c1nc(C(=O)Nc2cccc(S(N)(=O)=O)c2)n[nH]1. The summed E-state index contributed by atoms with van der Waals surface area (Å²) in [6.45, 7) is 3.83. The van der Waals surface area contributed by atoms with Crippen molar-refractivity contribution in [2.45, 2.75) is 24.7 Å². The molecule has 2 rings (SSSR count). The first kappa shape index (κ1) is 15.1. The predicted molar refractivity (Wildman–Crippen MR) is 76.2 cm³/mol. The lowest BCUT2D eigenvalue weighted by Gasteiger charge is -2.04. The van der Waals surface area contributed by atoms with Gasteiger partial charge in [0.2, 0.25) is 15.8 Å². The fraction of sp³-hybridized carbons (Fsp3) is 0.250. The zero-order valence-electron chi connectivity index (χ0n) is 11.5. The van der Waals surface area contributed by atoms with Gasteiger partial charge in [0, 0.05) is 11.6 Å². The molecule has 8 nitrogen and oxygen atoms in total. The number of rotatable bonds is 4. The minimum atomic E-state index is -3.82. The molecule has 0 saturated heterocycles. The van der Waals surface area contributed by atoms with Crippen molar-refractivity contribution in [3.8, 4) is 0 Å². The molecule has 9 heteroatoms. The van der Waals surface area contributed by atoms with Gasteiger partial charge in [-0.2, -0.15) is 0 Å². The monoisotopic (exact) mass is 309 g/mol. The van der Waals surface area contributed by atoms with Gasteiger partial charge in [-0.25, -0.2) is 18.5 Å². The van der Waals surface area contributed by atoms with Crippen LogP contribution in [0.1, 0.15) is 36.2 Å². The number of anilines is 1. The number of carbonyl (C=O) groups excluding carboxylic acids is 1. The Morgan fingerprint density at radius 3 is 2.67 bits per heavy atom. The van der Waals surface area contributed by atoms with Crippen LogP contribution in [0.25, 0.3) is 0 Å². The van der Waals surface area contributed by atoms with Crippen molar-refractivity contribution in [2.24, 2.45) is 5.14 Å². The highest BCUT2D eigenvalue weighted by atomic mass is 32.2. The number of benzene rings is 1. The van der Waals surface area contributed by atoms with E-state index in [-0.39, 0.29) is 16.6 Å². The molecule has 0 radical (unpaired) electrons. The number of H-pyrrole nitrogens is 1. The molecule has 0 unspecified atom stereocenters. The number of amides is 1. The molecule has 4 N–H and O–H groups in total. The standard InChI is InChI=1S/C12H15N5O3S/c1-7(2)10-15-11(17-16-10)12(18)14-8-4-3-5-9(6-8)21(13,19)20/h3-7H,1-2H3,(H,14,18)(H2,13,19,20)(H,15,16,17). The predicted octanol–water partition coefficient (Wildman–Crippen LogP) is 0.828. The van der Waals surface area contributed by atoms with Crippen LogP contribution < -0.4 is 10.5 Å². The molecule has 0 aliphatic carbocycles. The Labute approximate surface area is 121 Å². The number of hydrogen-bond acceptors (Lipinski definition) is 5. The quantitative estimate of drug-likeness (QED) is 0.769. The number of aromatic nitrogens is 3. The van der Waals surface area contributed by atoms with Crippen LogP contribution in [0, 0.1) is 0 Å². The van der Waals surface area contributed by atoms with Crippen LogP contribution in [0.5, 0.6) is 0 Å². The Bertz CT molecular complexity index is 767. The molecule has 0 aliphatic rings. The molecule has 0 atom stereocenters. The first-order valence-corrected chi connectivity index (χ1v) is 7.68. The van der Waals surface area contributed by atoms with E-state index < -0.39 is 15.9 Å². The van der Waals surface area contributed by atoms with Gasteiger partial charge in [-0.1, -0.05) is 19.9 Å². The summed E-state index contributed by atoms with van der Waals surface area (Å²) >= 11 is 0. The number of nitrogens with two attached hydrogens (primary N) is 1. The van der Waals surface area contributed by atoms with Crippen molar-refractivity contribution in [3.63, 3.8) is 0 Å². The van der Waals surface area contributed by atoms with Crippen LogP contribution in [-0.4, -0.2) is 29.5 Å². The van der Waals surface area contributed by atoms with Gasteiger partial charge < -0.3 is 5.32 Å². The van der Waals surface area contributed by atoms with Gasteiger partial charge in [0.05, 0.1) is 4.90 Å². The molecule has 1 aromatic carbocycles. The van der Waals surface area contributed by atoms with Crippen molar-refractivity contribution < 1.29 is 13.2 Å². The molecule has 1 heterocycles. The molecule has 112 valence electrons. The van der Waals surface area contributed by atoms with Crippen molar-refractivity contribution in [1.82, 2.24) is 15.2 Å². The molecule has 1 aromatic heterocycles. The summed E-state index contributed by atoms with van der Waals surface area (Å²) in [6.07, 6.45) is 0. The van der Waals surface area contributed by atoms with Gasteiger partial charge in [-0.05, 0) is 18.2 Å². The maximum atomic E-state index is 12.0. The molecule has 2 aromatic rings. The molecule has 0 fully saturated rings. The van der Waals surface area contributed by atoms with Crippen LogP contribution in [-0.2, 0) is 10.0 Å². The highest BCUT2D eigenvalue weighted by Crippen LogP contribution is 2.15. The van der Waals surface area contributed by atoms with E-state index in [0.29, 0.717) is 11.5 Å². The van der Waals surface area contributed by atoms with Gasteiger partial charge in [-0.15, -0.1) is 5.10 Å². The number of carbonyl (C=O) groups is 1. The zero-order valence-corrected chi connectivity index (χ0v) is 12.3. The Balaban J connectivity index is 2.19. The number of hydrogen-bond donors (Lipinski definition) is 3. The number of aromatic amines is 1. The maximum Gasteiger partial charge on any atom is 0.295 e. The summed E-state index contributed by atoms with van der Waals surface area (Å²) in [5, 5.41) is 14.0. The van der Waals surface area contributed by atoms with Crippen molar-refractivity contribution in [2.75, 3.05) is 5.32 Å². The van der Waals surface area contributed by atoms with E-state index in [1.807, 2.05) is 13.8 Å². The third-order valence-electron chi connectivity index (χ3n) is 2.67. The van der Waals surface area contributed by atoms with Crippen LogP contribution in [0.3, 0.4) is 0 Å². The number of sulfonamides is 1. The summed E-state index contributed by atoms with van der Waals surface area (Å²) in [5.74, 6) is 0.160. The average Bonchev–Trinajstić information content (AvgIpc) is 2.88. The third kappa shape index (κ3) is 3.64. The zero-order chi connectivity index (χ0) is 15.6. The summed E-state index contributed by atoms with van der Waals surface area (Å²) in [5.41, 5.74) is 0.294. The number of primary sulfonamides is 1. The largest absolute Gasteiger partial charge is 0.319 e. The van der Waals surface area contributed by atoms with Gasteiger partial charge in [0.1, 0.15) is 5.82 Å². The van der Waals surface area contributed by atoms with Crippen LogP contribution in [0.15, 0.2) is 29.2 Å². The Kier molecular flexibility index (Phi) is 4.05. The lowest BCUT2D eigenvalue weighted by Crippen LogP contribution is -2.16. The van der Waals surface area contributed by atoms with E-state index in [1.54, 1.807) is 6.07 Å². The van der Waals surface area contributed by atoms with Crippen molar-refractivity contribution in [3.05, 3.63) is 35.9 Å². The second-order valence-corrected chi connectivity index (χ2v) is 6.29. The number of nitrogens with one attached hydrogen (secondary N) is 2. The fourth-order valence-electron chi connectivity index (χ4n) is 1.57. The lowest BCUT2D eigenvalue weighted by molar-refractivity contribution is 0.101. The van der Waals surface area contributed by atoms with E-state index in [0.717, 1.165) is 0 Å². The minimum Gasteiger partial charge on any atom is -0.319 e. The van der Waals surface area contributed by atoms with E-state index >= 15 is 0 Å². The minimum absolute atomic E-state index is 0.0142. The van der Waals surface area contributed by atoms with Crippen molar-refractivity contribution in [1.29, 1.82) is 0 Å². The Hall–Kier alpha value is -2.26. The second-order valence-electron chi connectivity index (χ2n) is 4.73. The molecular weight excluding hydrogens is 294 g/mol. The topological polar surface area (TPSA) is 131 Å². The molecule has 0 aliphatic heterocycles. The van der Waals surface area contributed by atoms with Gasteiger partial charge in [-0.3, -0.25) is 9.89 Å². The smallest absolute Gasteiger partial charge is 0.295 e. The number of nitrogens with zero attached hydrogens (tertiary/aromatic N) is 2. The van der Waals surface area contributed by atoms with Gasteiger partial charge >= 0.3 is 0 Å². The Morgan fingerprint density at radius 2 is 2.10 bits per heavy atom. The summed E-state index contributed by atoms with van der Waals surface area (Å²) in [4.78, 5) is 15.9. The second kappa shape index (κ2) is 5.62. The lowest BCUT2D eigenvalue weighted by atomic mass is 10.2. The highest BCUT2D eigenvalue weighted by molar-refractivity contribution is 7.89. The molecule has 0 bridgehead atoms. The maximum absolute atomic E-state index is 12.0. The molecule has 21 heavy (non-hydrogen) atoms. The van der Waals surface area contributed by atoms with Crippen LogP contribution >= 0.6 is 0 Å². The molecule has 0 spiro atoms. The van der Waals surface area contributed by atoms with E-state index in [2.05, 4.69) is 20.5 Å². The van der Waals surface area contributed by atoms with Crippen molar-refractivity contribution >= 4 is 21.6 Å². The van der Waals surface area contributed by atoms with Crippen LogP contribution in [0.2, 0.25) is 0 Å². The highest BCUT2D eigenvalue weighted by Gasteiger charge is 2.15. The molecule has 0 saturated carbocycles. The fourth-order valence-corrected chi connectivity index (χ4v) is 2.13.